The number of imide groups is 1. The highest BCUT2D eigenvalue weighted by Gasteiger charge is 2.30. The van der Waals surface area contributed by atoms with Gasteiger partial charge in [0, 0.05) is 29.9 Å². The molecule has 1 aliphatic rings. The predicted octanol–water partition coefficient (Wildman–Crippen LogP) is 3.32. The fourth-order valence-electron chi connectivity index (χ4n) is 3.60. The summed E-state index contributed by atoms with van der Waals surface area (Å²) in [6.07, 6.45) is 0.0479. The lowest BCUT2D eigenvalue weighted by molar-refractivity contribution is -0.136. The molecule has 1 saturated heterocycles. The van der Waals surface area contributed by atoms with Gasteiger partial charge in [-0.25, -0.2) is 4.79 Å². The van der Waals surface area contributed by atoms with Crippen LogP contribution in [0.25, 0.3) is 0 Å². The molecule has 2 aromatic rings. The van der Waals surface area contributed by atoms with Gasteiger partial charge in [-0.3, -0.25) is 24.6 Å². The Kier molecular flexibility index (Phi) is 6.71. The molecule has 1 fully saturated rings. The van der Waals surface area contributed by atoms with Crippen molar-refractivity contribution in [3.63, 3.8) is 0 Å². The summed E-state index contributed by atoms with van der Waals surface area (Å²) < 4.78 is 5.61. The Morgan fingerprint density at radius 1 is 1.15 bits per heavy atom. The number of nitrogens with zero attached hydrogens (tertiary/aromatic N) is 1. The summed E-state index contributed by atoms with van der Waals surface area (Å²) in [5, 5.41) is 14.0. The Morgan fingerprint density at radius 3 is 2.36 bits per heavy atom. The first-order valence-corrected chi connectivity index (χ1v) is 10.5. The molecule has 0 radical (unpaired) electrons. The zero-order chi connectivity index (χ0) is 24.3. The largest absolute Gasteiger partial charge is 0.496 e. The van der Waals surface area contributed by atoms with E-state index in [1.807, 2.05) is 20.8 Å². The number of hydrogen-bond acceptors (Lipinski definition) is 5. The molecule has 1 heterocycles. The van der Waals surface area contributed by atoms with Crippen molar-refractivity contribution in [2.75, 3.05) is 23.9 Å². The van der Waals surface area contributed by atoms with E-state index in [9.17, 15) is 19.2 Å². The van der Waals surface area contributed by atoms with Crippen LogP contribution in [0.4, 0.5) is 16.2 Å². The number of benzene rings is 2. The van der Waals surface area contributed by atoms with Crippen molar-refractivity contribution in [2.24, 2.45) is 0 Å². The number of carboxylic acid groups (broad SMARTS) is 1. The molecule has 174 valence electrons. The lowest BCUT2D eigenvalue weighted by Gasteiger charge is -2.30. The van der Waals surface area contributed by atoms with Gasteiger partial charge in [0.05, 0.1) is 19.1 Å². The molecular formula is C24H27N3O6. The highest BCUT2D eigenvalue weighted by atomic mass is 16.5. The third kappa shape index (κ3) is 5.49. The van der Waals surface area contributed by atoms with Crippen LogP contribution in [0.15, 0.2) is 36.4 Å². The Labute approximate surface area is 191 Å². The minimum Gasteiger partial charge on any atom is -0.496 e. The van der Waals surface area contributed by atoms with Crippen molar-refractivity contribution < 1.29 is 29.0 Å². The van der Waals surface area contributed by atoms with Crippen LogP contribution in [-0.2, 0) is 21.4 Å². The normalized spacial score (nSPS) is 14.0. The maximum atomic E-state index is 13.2. The Hall–Kier alpha value is -3.88. The minimum absolute atomic E-state index is 0.112. The smallest absolute Gasteiger partial charge is 0.328 e. The number of amides is 4. The number of carbonyl (C=O) groups excluding carboxylic acids is 3. The first-order chi connectivity index (χ1) is 15.5. The summed E-state index contributed by atoms with van der Waals surface area (Å²) >= 11 is 0. The standard InChI is InChI=1S/C24H27N3O6/c1-24(2,3)18-13-16(27-10-9-19(28)26-23(27)32)12-17(21(18)33-4)22(31)25-15-7-5-14(6-8-15)11-20(29)30/h5-8,12-13H,9-11H2,1-4H3,(H,25,31)(H,29,30)(H,26,28,32). The van der Waals surface area contributed by atoms with Crippen LogP contribution in [0.3, 0.4) is 0 Å². The quantitative estimate of drug-likeness (QED) is 0.616. The van der Waals surface area contributed by atoms with Crippen LogP contribution in [0, 0.1) is 0 Å². The Bertz CT molecular complexity index is 1100. The van der Waals surface area contributed by atoms with Gasteiger partial charge < -0.3 is 15.2 Å². The molecule has 0 atom stereocenters. The van der Waals surface area contributed by atoms with Gasteiger partial charge in [-0.1, -0.05) is 32.9 Å². The van der Waals surface area contributed by atoms with E-state index in [0.29, 0.717) is 22.7 Å². The Balaban J connectivity index is 2.00. The number of carboxylic acids is 1. The van der Waals surface area contributed by atoms with E-state index >= 15 is 0 Å². The zero-order valence-corrected chi connectivity index (χ0v) is 19.0. The van der Waals surface area contributed by atoms with Gasteiger partial charge in [0.15, 0.2) is 0 Å². The number of ether oxygens (including phenoxy) is 1. The van der Waals surface area contributed by atoms with Gasteiger partial charge >= 0.3 is 12.0 Å². The van der Waals surface area contributed by atoms with Gasteiger partial charge in [0.25, 0.3) is 5.91 Å². The third-order valence-corrected chi connectivity index (χ3v) is 5.26. The van der Waals surface area contributed by atoms with Crippen LogP contribution in [0.1, 0.15) is 48.7 Å². The van der Waals surface area contributed by atoms with Crippen molar-refractivity contribution in [3.05, 3.63) is 53.1 Å². The number of aliphatic carboxylic acids is 1. The van der Waals surface area contributed by atoms with E-state index in [2.05, 4.69) is 10.6 Å². The summed E-state index contributed by atoms with van der Waals surface area (Å²) in [5.41, 5.74) is 2.14. The average Bonchev–Trinajstić information content (AvgIpc) is 2.73. The fourth-order valence-corrected chi connectivity index (χ4v) is 3.60. The van der Waals surface area contributed by atoms with Gasteiger partial charge in [-0.15, -0.1) is 0 Å². The average molecular weight is 453 g/mol. The summed E-state index contributed by atoms with van der Waals surface area (Å²) in [6.45, 7) is 6.11. The van der Waals surface area contributed by atoms with Crippen LogP contribution in [0.5, 0.6) is 5.75 Å². The Morgan fingerprint density at radius 2 is 1.82 bits per heavy atom. The van der Waals surface area contributed by atoms with Crippen molar-refractivity contribution >= 4 is 35.2 Å². The molecule has 0 saturated carbocycles. The van der Waals surface area contributed by atoms with Gasteiger partial charge in [-0.05, 0) is 35.2 Å². The second-order valence-electron chi connectivity index (χ2n) is 8.80. The molecule has 9 nitrogen and oxygen atoms in total. The number of anilines is 2. The maximum absolute atomic E-state index is 13.2. The van der Waals surface area contributed by atoms with Crippen LogP contribution in [-0.4, -0.2) is 42.6 Å². The van der Waals surface area contributed by atoms with Crippen molar-refractivity contribution in [3.8, 4) is 5.75 Å². The number of nitrogens with one attached hydrogen (secondary N) is 2. The molecule has 0 aromatic heterocycles. The van der Waals surface area contributed by atoms with E-state index in [1.165, 1.54) is 12.0 Å². The maximum Gasteiger partial charge on any atom is 0.328 e. The topological polar surface area (TPSA) is 125 Å². The molecule has 1 aliphatic heterocycles. The number of rotatable bonds is 6. The summed E-state index contributed by atoms with van der Waals surface area (Å²) in [7, 11) is 1.48. The molecule has 4 amide bonds. The molecule has 0 spiro atoms. The van der Waals surface area contributed by atoms with Crippen LogP contribution in [0.2, 0.25) is 0 Å². The first kappa shape index (κ1) is 23.8. The summed E-state index contributed by atoms with van der Waals surface area (Å²) in [5.74, 6) is -1.34. The van der Waals surface area contributed by atoms with E-state index in [4.69, 9.17) is 9.84 Å². The second kappa shape index (κ2) is 9.32. The molecule has 0 aliphatic carbocycles. The van der Waals surface area contributed by atoms with Crippen molar-refractivity contribution in [1.29, 1.82) is 0 Å². The predicted molar refractivity (Wildman–Crippen MR) is 123 cm³/mol. The summed E-state index contributed by atoms with van der Waals surface area (Å²) in [4.78, 5) is 49.5. The van der Waals surface area contributed by atoms with Crippen LogP contribution < -0.4 is 20.3 Å². The lowest BCUT2D eigenvalue weighted by Crippen LogP contribution is -2.49. The molecule has 0 bridgehead atoms. The molecule has 3 N–H and O–H groups in total. The van der Waals surface area contributed by atoms with Crippen LogP contribution >= 0.6 is 0 Å². The van der Waals surface area contributed by atoms with E-state index in [1.54, 1.807) is 36.4 Å². The number of methoxy groups -OCH3 is 1. The highest BCUT2D eigenvalue weighted by Crippen LogP contribution is 2.38. The molecular weight excluding hydrogens is 426 g/mol. The van der Waals surface area contributed by atoms with Gasteiger partial charge in [-0.2, -0.15) is 0 Å². The monoisotopic (exact) mass is 453 g/mol. The zero-order valence-electron chi connectivity index (χ0n) is 19.0. The minimum atomic E-state index is -0.938. The van der Waals surface area contributed by atoms with E-state index < -0.39 is 23.3 Å². The third-order valence-electron chi connectivity index (χ3n) is 5.26. The lowest BCUT2D eigenvalue weighted by atomic mass is 9.84. The van der Waals surface area contributed by atoms with E-state index in [-0.39, 0.29) is 30.9 Å². The molecule has 33 heavy (non-hydrogen) atoms. The molecule has 2 aromatic carbocycles. The molecule has 0 unspecified atom stereocenters. The number of urea groups is 1. The van der Waals surface area contributed by atoms with Gasteiger partial charge in [0.2, 0.25) is 5.91 Å². The van der Waals surface area contributed by atoms with Gasteiger partial charge in [0.1, 0.15) is 5.75 Å². The highest BCUT2D eigenvalue weighted by molar-refractivity contribution is 6.09. The molecule has 3 rings (SSSR count). The van der Waals surface area contributed by atoms with Crippen molar-refractivity contribution in [1.82, 2.24) is 5.32 Å². The fraction of sp³-hybridized carbons (Fsp3) is 0.333. The summed E-state index contributed by atoms with van der Waals surface area (Å²) in [6, 6.07) is 9.34. The first-order valence-electron chi connectivity index (χ1n) is 10.5. The second-order valence-corrected chi connectivity index (χ2v) is 8.80. The molecule has 9 heteroatoms. The SMILES string of the molecule is COc1c(C(=O)Nc2ccc(CC(=O)O)cc2)cc(N2CCC(=O)NC2=O)cc1C(C)(C)C. The van der Waals surface area contributed by atoms with Crippen molar-refractivity contribution in [2.45, 2.75) is 39.0 Å². The number of hydrogen-bond donors (Lipinski definition) is 3. The number of carbonyl (C=O) groups is 4. The van der Waals surface area contributed by atoms with E-state index in [0.717, 1.165) is 5.56 Å².